The zero-order valence-corrected chi connectivity index (χ0v) is 16.6. The van der Waals surface area contributed by atoms with Gasteiger partial charge in [0.1, 0.15) is 0 Å². The van der Waals surface area contributed by atoms with Gasteiger partial charge >= 0.3 is 0 Å². The van der Waals surface area contributed by atoms with Crippen molar-refractivity contribution < 1.29 is 13.2 Å². The minimum absolute atomic E-state index is 0.218. The highest BCUT2D eigenvalue weighted by Crippen LogP contribution is 2.11. The number of aromatic nitrogens is 2. The third-order valence-electron chi connectivity index (χ3n) is 3.85. The minimum Gasteiger partial charge on any atom is -0.383 e. The Morgan fingerprint density at radius 3 is 2.70 bits per heavy atom. The molecule has 0 atom stereocenters. The Bertz CT molecular complexity index is 863. The molecule has 0 radical (unpaired) electrons. The van der Waals surface area contributed by atoms with E-state index in [-0.39, 0.29) is 11.4 Å². The van der Waals surface area contributed by atoms with E-state index in [2.05, 4.69) is 25.4 Å². The molecule has 0 aliphatic carbocycles. The second-order valence-electron chi connectivity index (χ2n) is 5.76. The summed E-state index contributed by atoms with van der Waals surface area (Å²) in [6.07, 6.45) is 1.74. The van der Waals surface area contributed by atoms with Crippen molar-refractivity contribution >= 4 is 16.0 Å². The Balaban J connectivity index is 1.93. The lowest BCUT2D eigenvalue weighted by Gasteiger charge is -2.13. The third kappa shape index (κ3) is 6.35. The van der Waals surface area contributed by atoms with Crippen LogP contribution in [0.1, 0.15) is 11.3 Å². The molecule has 0 saturated heterocycles. The van der Waals surface area contributed by atoms with E-state index in [4.69, 9.17) is 4.74 Å². The van der Waals surface area contributed by atoms with Crippen molar-refractivity contribution in [3.63, 3.8) is 0 Å². The standard InChI is InChI=1S/C17H26N6O3S/c1-18-17(20-13-15-7-8-21-23(15)2)19-12-14-5-4-6-16(11-14)27(24,25)22-9-10-26-3/h4-8,11,22H,9-10,12-13H2,1-3H3,(H2,18,19,20). The Labute approximate surface area is 159 Å². The van der Waals surface area contributed by atoms with Gasteiger partial charge in [-0.1, -0.05) is 12.1 Å². The molecule has 0 bridgehead atoms. The summed E-state index contributed by atoms with van der Waals surface area (Å²) in [5, 5.41) is 10.5. The molecule has 2 rings (SSSR count). The Morgan fingerprint density at radius 2 is 2.04 bits per heavy atom. The van der Waals surface area contributed by atoms with Gasteiger partial charge in [0.2, 0.25) is 10.0 Å². The van der Waals surface area contributed by atoms with Gasteiger partial charge in [-0.2, -0.15) is 5.10 Å². The molecule has 0 aliphatic heterocycles. The molecular weight excluding hydrogens is 368 g/mol. The van der Waals surface area contributed by atoms with Gasteiger partial charge in [0.05, 0.1) is 23.7 Å². The van der Waals surface area contributed by atoms with Crippen LogP contribution in [0.25, 0.3) is 0 Å². The summed E-state index contributed by atoms with van der Waals surface area (Å²) in [5.74, 6) is 0.614. The lowest BCUT2D eigenvalue weighted by Crippen LogP contribution is -2.36. The number of aryl methyl sites for hydroxylation is 1. The first kappa shape index (κ1) is 20.9. The summed E-state index contributed by atoms with van der Waals surface area (Å²) >= 11 is 0. The number of nitrogens with zero attached hydrogens (tertiary/aromatic N) is 3. The van der Waals surface area contributed by atoms with E-state index < -0.39 is 10.0 Å². The summed E-state index contributed by atoms with van der Waals surface area (Å²) in [6, 6.07) is 8.69. The maximum Gasteiger partial charge on any atom is 0.240 e. The van der Waals surface area contributed by atoms with E-state index in [0.29, 0.717) is 25.7 Å². The van der Waals surface area contributed by atoms with Crippen LogP contribution in [-0.4, -0.2) is 51.5 Å². The van der Waals surface area contributed by atoms with Crippen molar-refractivity contribution in [2.75, 3.05) is 27.3 Å². The molecule has 3 N–H and O–H groups in total. The number of hydrogen-bond acceptors (Lipinski definition) is 5. The van der Waals surface area contributed by atoms with Crippen LogP contribution in [0.5, 0.6) is 0 Å². The van der Waals surface area contributed by atoms with E-state index in [9.17, 15) is 8.42 Å². The van der Waals surface area contributed by atoms with Gasteiger partial charge in [0.25, 0.3) is 0 Å². The molecule has 0 unspecified atom stereocenters. The fourth-order valence-electron chi connectivity index (χ4n) is 2.34. The summed E-state index contributed by atoms with van der Waals surface area (Å²) in [5.41, 5.74) is 1.85. The summed E-state index contributed by atoms with van der Waals surface area (Å²) in [6.45, 7) is 1.56. The Kier molecular flexibility index (Phi) is 7.77. The first-order chi connectivity index (χ1) is 13.0. The van der Waals surface area contributed by atoms with Crippen molar-refractivity contribution in [3.8, 4) is 0 Å². The molecule has 1 heterocycles. The molecule has 27 heavy (non-hydrogen) atoms. The second-order valence-corrected chi connectivity index (χ2v) is 7.53. The Hall–Kier alpha value is -2.43. The first-order valence-corrected chi connectivity index (χ1v) is 9.93. The van der Waals surface area contributed by atoms with Gasteiger partial charge < -0.3 is 15.4 Å². The van der Waals surface area contributed by atoms with Gasteiger partial charge in [-0.15, -0.1) is 0 Å². The first-order valence-electron chi connectivity index (χ1n) is 8.45. The largest absolute Gasteiger partial charge is 0.383 e. The predicted octanol–water partition coefficient (Wildman–Crippen LogP) is 0.210. The number of nitrogens with one attached hydrogen (secondary N) is 3. The number of rotatable bonds is 9. The van der Waals surface area contributed by atoms with Crippen molar-refractivity contribution in [1.82, 2.24) is 25.1 Å². The number of methoxy groups -OCH3 is 1. The van der Waals surface area contributed by atoms with Crippen molar-refractivity contribution in [3.05, 3.63) is 47.8 Å². The lowest BCUT2D eigenvalue weighted by atomic mass is 10.2. The predicted molar refractivity (Wildman–Crippen MR) is 104 cm³/mol. The molecule has 9 nitrogen and oxygen atoms in total. The third-order valence-corrected chi connectivity index (χ3v) is 5.31. The van der Waals surface area contributed by atoms with Crippen LogP contribution in [0.15, 0.2) is 46.4 Å². The molecule has 0 fully saturated rings. The highest BCUT2D eigenvalue weighted by molar-refractivity contribution is 7.89. The Morgan fingerprint density at radius 1 is 1.26 bits per heavy atom. The minimum atomic E-state index is -3.56. The van der Waals surface area contributed by atoms with E-state index in [1.165, 1.54) is 7.11 Å². The molecule has 148 valence electrons. The van der Waals surface area contributed by atoms with Crippen molar-refractivity contribution in [1.29, 1.82) is 0 Å². The average Bonchev–Trinajstić information content (AvgIpc) is 3.07. The molecule has 0 spiro atoms. The molecule has 1 aromatic heterocycles. The zero-order valence-electron chi connectivity index (χ0n) is 15.8. The monoisotopic (exact) mass is 394 g/mol. The van der Waals surface area contributed by atoms with E-state index >= 15 is 0 Å². The maximum atomic E-state index is 12.3. The number of aliphatic imine (C=N–C) groups is 1. The van der Waals surface area contributed by atoms with Crippen molar-refractivity contribution in [2.45, 2.75) is 18.0 Å². The van der Waals surface area contributed by atoms with Gasteiger partial charge in [-0.3, -0.25) is 9.67 Å². The van der Waals surface area contributed by atoms with Crippen LogP contribution >= 0.6 is 0 Å². The highest BCUT2D eigenvalue weighted by Gasteiger charge is 2.13. The van der Waals surface area contributed by atoms with Gasteiger partial charge in [0.15, 0.2) is 5.96 Å². The number of ether oxygens (including phenoxy) is 1. The molecule has 2 aromatic rings. The number of guanidine groups is 1. The van der Waals surface area contributed by atoms with Crippen molar-refractivity contribution in [2.24, 2.45) is 12.0 Å². The summed E-state index contributed by atoms with van der Waals surface area (Å²) in [7, 11) is 1.52. The fourth-order valence-corrected chi connectivity index (χ4v) is 3.42. The van der Waals surface area contributed by atoms with Gasteiger partial charge in [0, 0.05) is 40.5 Å². The van der Waals surface area contributed by atoms with Crippen LogP contribution in [-0.2, 0) is 34.9 Å². The van der Waals surface area contributed by atoms with E-state index in [0.717, 1.165) is 11.3 Å². The SMILES string of the molecule is CN=C(NCc1cccc(S(=O)(=O)NCCOC)c1)NCc1ccnn1C. The topological polar surface area (TPSA) is 110 Å². The number of sulfonamides is 1. The van der Waals surface area contributed by atoms with E-state index in [1.807, 2.05) is 19.2 Å². The van der Waals surface area contributed by atoms with Crippen LogP contribution in [0.3, 0.4) is 0 Å². The summed E-state index contributed by atoms with van der Waals surface area (Å²) < 4.78 is 33.7. The molecular formula is C17H26N6O3S. The normalized spacial score (nSPS) is 12.2. The number of hydrogen-bond donors (Lipinski definition) is 3. The van der Waals surface area contributed by atoms with Gasteiger partial charge in [-0.05, 0) is 23.8 Å². The second kappa shape index (κ2) is 10.0. The highest BCUT2D eigenvalue weighted by atomic mass is 32.2. The fraction of sp³-hybridized carbons (Fsp3) is 0.412. The van der Waals surface area contributed by atoms with Crippen LogP contribution in [0.4, 0.5) is 0 Å². The number of benzene rings is 1. The maximum absolute atomic E-state index is 12.3. The summed E-state index contributed by atoms with van der Waals surface area (Å²) in [4.78, 5) is 4.39. The lowest BCUT2D eigenvalue weighted by molar-refractivity contribution is 0.204. The van der Waals surface area contributed by atoms with E-state index in [1.54, 1.807) is 36.1 Å². The molecule has 1 aromatic carbocycles. The molecule has 10 heteroatoms. The smallest absolute Gasteiger partial charge is 0.240 e. The van der Waals surface area contributed by atoms with Gasteiger partial charge in [-0.25, -0.2) is 13.1 Å². The van der Waals surface area contributed by atoms with Crippen LogP contribution < -0.4 is 15.4 Å². The molecule has 0 aliphatic rings. The quantitative estimate of drug-likeness (QED) is 0.319. The average molecular weight is 395 g/mol. The molecule has 0 amide bonds. The van der Waals surface area contributed by atoms with Crippen LogP contribution in [0.2, 0.25) is 0 Å². The van der Waals surface area contributed by atoms with Crippen LogP contribution in [0, 0.1) is 0 Å². The zero-order chi connectivity index (χ0) is 19.7. The molecule has 0 saturated carbocycles.